The van der Waals surface area contributed by atoms with Gasteiger partial charge in [0.2, 0.25) is 0 Å². The number of hydrogen-bond donors (Lipinski definition) is 0. The molecule has 0 N–H and O–H groups in total. The predicted molar refractivity (Wildman–Crippen MR) is 23.7 cm³/mol. The molecule has 1 aliphatic carbocycles. The number of oxime groups is 1. The Labute approximate surface area is 36.8 Å². The number of nitrogens with zero attached hydrogens (tertiary/aromatic N) is 1. The van der Waals surface area contributed by atoms with Crippen molar-refractivity contribution in [2.24, 2.45) is 5.16 Å². The van der Waals surface area contributed by atoms with Crippen molar-refractivity contribution in [2.75, 3.05) is 0 Å². The number of hydrogen-bond acceptors (Lipinski definition) is 2. The Bertz CT molecular complexity index is 58.6. The lowest BCUT2D eigenvalue weighted by molar-refractivity contribution is 0.132. The molecule has 1 fully saturated rings. The molecule has 0 heterocycles. The van der Waals surface area contributed by atoms with Crippen LogP contribution in [0, 0.1) is 0 Å². The fourth-order valence-corrected chi connectivity index (χ4v) is 0.279. The molecule has 0 radical (unpaired) electrons. The van der Waals surface area contributed by atoms with E-state index in [4.69, 9.17) is 0 Å². The molecule has 0 spiro atoms. The van der Waals surface area contributed by atoms with Gasteiger partial charge in [0.25, 0.3) is 0 Å². The second-order valence-electron chi connectivity index (χ2n) is 1.43. The topological polar surface area (TPSA) is 21.6 Å². The molecule has 1 saturated carbocycles. The van der Waals surface area contributed by atoms with Crippen molar-refractivity contribution in [1.82, 2.24) is 0 Å². The molecule has 1 rings (SSSR count). The molecule has 34 valence electrons. The Balaban J connectivity index is 2.00. The molecular weight excluding hydrogens is 78.0 g/mol. The predicted octanol–water partition coefficient (Wildman–Crippen LogP) is 0.781. The monoisotopic (exact) mass is 85.1 g/mol. The van der Waals surface area contributed by atoms with Crippen LogP contribution in [0.1, 0.15) is 12.8 Å². The van der Waals surface area contributed by atoms with E-state index < -0.39 is 0 Å². The highest BCUT2D eigenvalue weighted by molar-refractivity contribution is 5.21. The van der Waals surface area contributed by atoms with Crippen LogP contribution in [0.25, 0.3) is 0 Å². The molecule has 6 heavy (non-hydrogen) atoms. The van der Waals surface area contributed by atoms with Gasteiger partial charge in [0.1, 0.15) is 6.10 Å². The zero-order chi connectivity index (χ0) is 4.41. The van der Waals surface area contributed by atoms with Gasteiger partial charge in [-0.15, -0.1) is 5.16 Å². The van der Waals surface area contributed by atoms with Crippen molar-refractivity contribution in [3.63, 3.8) is 0 Å². The minimum absolute atomic E-state index is 0.419. The molecule has 0 aromatic rings. The fraction of sp³-hybridized carbons (Fsp3) is 0.750. The Morgan fingerprint density at radius 3 is 2.50 bits per heavy atom. The lowest BCUT2D eigenvalue weighted by Crippen LogP contribution is -1.79. The Hall–Kier alpha value is -0.530. The lowest BCUT2D eigenvalue weighted by Gasteiger charge is -1.85. The molecule has 0 unspecified atom stereocenters. The van der Waals surface area contributed by atoms with Crippen molar-refractivity contribution < 1.29 is 4.84 Å². The summed E-state index contributed by atoms with van der Waals surface area (Å²) in [6.07, 6.45) is 2.75. The summed E-state index contributed by atoms with van der Waals surface area (Å²) in [6.45, 7) is 3.17. The standard InChI is InChI=1S/C4H7NO/c1-5-6-4-2-3-4/h4H,1-3H2. The van der Waals surface area contributed by atoms with E-state index in [1.165, 1.54) is 12.8 Å². The minimum atomic E-state index is 0.419. The first-order valence-corrected chi connectivity index (χ1v) is 2.05. The summed E-state index contributed by atoms with van der Waals surface area (Å²) >= 11 is 0. The maximum Gasteiger partial charge on any atom is 0.127 e. The van der Waals surface area contributed by atoms with Crippen molar-refractivity contribution in [2.45, 2.75) is 18.9 Å². The van der Waals surface area contributed by atoms with Gasteiger partial charge < -0.3 is 4.84 Å². The molecule has 0 atom stereocenters. The summed E-state index contributed by atoms with van der Waals surface area (Å²) in [5, 5.41) is 3.25. The Kier molecular flexibility index (Phi) is 0.783. The lowest BCUT2D eigenvalue weighted by atomic mass is 10.9. The van der Waals surface area contributed by atoms with Gasteiger partial charge in [-0.3, -0.25) is 0 Å². The van der Waals surface area contributed by atoms with E-state index in [2.05, 4.69) is 16.7 Å². The van der Waals surface area contributed by atoms with Crippen LogP contribution in [0.3, 0.4) is 0 Å². The summed E-state index contributed by atoms with van der Waals surface area (Å²) in [5.41, 5.74) is 0. The molecular formula is C4H7NO. The van der Waals surface area contributed by atoms with Crippen LogP contribution < -0.4 is 0 Å². The minimum Gasteiger partial charge on any atom is -0.393 e. The number of rotatable bonds is 2. The zero-order valence-corrected chi connectivity index (χ0v) is 3.55. The average Bonchev–Trinajstić information content (AvgIpc) is 2.21. The van der Waals surface area contributed by atoms with E-state index in [9.17, 15) is 0 Å². The van der Waals surface area contributed by atoms with Gasteiger partial charge in [0.05, 0.1) is 0 Å². The van der Waals surface area contributed by atoms with E-state index in [1.54, 1.807) is 0 Å². The maximum absolute atomic E-state index is 4.67. The van der Waals surface area contributed by atoms with Gasteiger partial charge in [-0.2, -0.15) is 0 Å². The SMILES string of the molecule is C=NOC1CC1. The normalized spacial score (nSPS) is 20.0. The molecule has 0 aliphatic heterocycles. The first kappa shape index (κ1) is 3.65. The van der Waals surface area contributed by atoms with Crippen LogP contribution in [-0.4, -0.2) is 12.8 Å². The Morgan fingerprint density at radius 2 is 2.33 bits per heavy atom. The molecule has 0 aromatic carbocycles. The molecule has 0 saturated heterocycles. The molecule has 1 aliphatic rings. The highest BCUT2D eigenvalue weighted by Gasteiger charge is 2.22. The third kappa shape index (κ3) is 0.708. The molecule has 0 amide bonds. The fourth-order valence-electron chi connectivity index (χ4n) is 0.279. The largest absolute Gasteiger partial charge is 0.393 e. The quantitative estimate of drug-likeness (QED) is 0.358. The van der Waals surface area contributed by atoms with Gasteiger partial charge in [-0.1, -0.05) is 0 Å². The highest BCUT2D eigenvalue weighted by Crippen LogP contribution is 2.22. The van der Waals surface area contributed by atoms with Gasteiger partial charge in [0.15, 0.2) is 0 Å². The van der Waals surface area contributed by atoms with Crippen molar-refractivity contribution in [3.05, 3.63) is 0 Å². The zero-order valence-electron chi connectivity index (χ0n) is 3.55. The van der Waals surface area contributed by atoms with Crippen LogP contribution in [0.5, 0.6) is 0 Å². The van der Waals surface area contributed by atoms with E-state index in [0.29, 0.717) is 6.10 Å². The molecule has 0 bridgehead atoms. The van der Waals surface area contributed by atoms with Crippen molar-refractivity contribution >= 4 is 6.72 Å². The molecule has 0 aromatic heterocycles. The summed E-state index contributed by atoms with van der Waals surface area (Å²) in [7, 11) is 0. The van der Waals surface area contributed by atoms with Crippen LogP contribution >= 0.6 is 0 Å². The smallest absolute Gasteiger partial charge is 0.127 e. The van der Waals surface area contributed by atoms with Crippen molar-refractivity contribution in [3.8, 4) is 0 Å². The van der Waals surface area contributed by atoms with E-state index in [0.717, 1.165) is 0 Å². The highest BCUT2D eigenvalue weighted by atomic mass is 16.6. The third-order valence-corrected chi connectivity index (χ3v) is 0.748. The van der Waals surface area contributed by atoms with E-state index in [-0.39, 0.29) is 0 Å². The Morgan fingerprint density at radius 1 is 1.67 bits per heavy atom. The van der Waals surface area contributed by atoms with Crippen LogP contribution in [0.15, 0.2) is 5.16 Å². The van der Waals surface area contributed by atoms with Crippen LogP contribution in [-0.2, 0) is 4.84 Å². The first-order valence-electron chi connectivity index (χ1n) is 2.05. The second-order valence-corrected chi connectivity index (χ2v) is 1.43. The summed E-state index contributed by atoms with van der Waals surface area (Å²) in [6, 6.07) is 0. The van der Waals surface area contributed by atoms with Gasteiger partial charge in [0, 0.05) is 6.72 Å². The van der Waals surface area contributed by atoms with Crippen LogP contribution in [0.4, 0.5) is 0 Å². The van der Waals surface area contributed by atoms with Gasteiger partial charge in [-0.05, 0) is 12.8 Å². The summed E-state index contributed by atoms with van der Waals surface area (Å²) in [5.74, 6) is 0. The van der Waals surface area contributed by atoms with Gasteiger partial charge in [-0.25, -0.2) is 0 Å². The van der Waals surface area contributed by atoms with Gasteiger partial charge >= 0.3 is 0 Å². The summed E-state index contributed by atoms with van der Waals surface area (Å²) < 4.78 is 0. The van der Waals surface area contributed by atoms with E-state index in [1.807, 2.05) is 0 Å². The first-order chi connectivity index (χ1) is 2.93. The summed E-state index contributed by atoms with van der Waals surface area (Å²) in [4.78, 5) is 4.67. The van der Waals surface area contributed by atoms with Crippen molar-refractivity contribution in [1.29, 1.82) is 0 Å². The van der Waals surface area contributed by atoms with Crippen LogP contribution in [0.2, 0.25) is 0 Å². The van der Waals surface area contributed by atoms with E-state index >= 15 is 0 Å². The maximum atomic E-state index is 4.67. The second kappa shape index (κ2) is 1.29. The third-order valence-electron chi connectivity index (χ3n) is 0.748. The molecule has 2 heteroatoms. The molecule has 2 nitrogen and oxygen atoms in total. The average molecular weight is 85.1 g/mol.